The molecule has 0 radical (unpaired) electrons. The van der Waals surface area contributed by atoms with Gasteiger partial charge in [0.05, 0.1) is 12.2 Å². The number of carbonyl (C=O) groups excluding carboxylic acids is 1. The van der Waals surface area contributed by atoms with E-state index in [1.807, 2.05) is 0 Å². The number of carboxylic acids is 1. The van der Waals surface area contributed by atoms with E-state index in [1.165, 1.54) is 0 Å². The molecule has 1 heterocycles. The van der Waals surface area contributed by atoms with E-state index in [1.54, 1.807) is 26.8 Å². The maximum atomic E-state index is 11.7. The molecule has 0 aliphatic rings. The normalized spacial score (nSPS) is 11.1. The molecule has 3 N–H and O–H groups in total. The topological polar surface area (TPSA) is 104 Å². The summed E-state index contributed by atoms with van der Waals surface area (Å²) in [6.07, 6.45) is 0.626. The molecule has 1 aromatic heterocycles. The van der Waals surface area contributed by atoms with Gasteiger partial charge in [-0.3, -0.25) is 0 Å². The minimum Gasteiger partial charge on any atom is -0.480 e. The van der Waals surface area contributed by atoms with Gasteiger partial charge in [0.15, 0.2) is 5.76 Å². The van der Waals surface area contributed by atoms with Gasteiger partial charge in [0.25, 0.3) is 0 Å². The zero-order valence-electron chi connectivity index (χ0n) is 11.3. The van der Waals surface area contributed by atoms with Gasteiger partial charge in [0.1, 0.15) is 5.54 Å². The van der Waals surface area contributed by atoms with Crippen molar-refractivity contribution in [2.75, 3.05) is 0 Å². The van der Waals surface area contributed by atoms with Crippen LogP contribution in [0.4, 0.5) is 4.79 Å². The van der Waals surface area contributed by atoms with Crippen molar-refractivity contribution in [3.05, 3.63) is 17.5 Å². The maximum absolute atomic E-state index is 11.7. The minimum absolute atomic E-state index is 0.163. The molecule has 0 aliphatic heterocycles. The first kappa shape index (κ1) is 15.0. The number of amides is 2. The lowest BCUT2D eigenvalue weighted by Crippen LogP contribution is -2.56. The molecule has 1 rings (SSSR count). The summed E-state index contributed by atoms with van der Waals surface area (Å²) in [5, 5.41) is 17.9. The quantitative estimate of drug-likeness (QED) is 0.724. The SMILES string of the molecule is CCC(CC)(NC(=O)NCc1cc(C)no1)C(=O)O. The number of aliphatic carboxylic acids is 1. The second kappa shape index (κ2) is 6.21. The molecule has 0 spiro atoms. The first-order valence-electron chi connectivity index (χ1n) is 6.15. The number of aryl methyl sites for hydroxylation is 1. The van der Waals surface area contributed by atoms with E-state index in [2.05, 4.69) is 15.8 Å². The largest absolute Gasteiger partial charge is 0.480 e. The van der Waals surface area contributed by atoms with Crippen molar-refractivity contribution in [1.82, 2.24) is 15.8 Å². The number of hydrogen-bond donors (Lipinski definition) is 3. The maximum Gasteiger partial charge on any atom is 0.329 e. The van der Waals surface area contributed by atoms with Gasteiger partial charge in [0.2, 0.25) is 0 Å². The zero-order chi connectivity index (χ0) is 14.5. The Morgan fingerprint density at radius 2 is 2.05 bits per heavy atom. The molecule has 0 atom stereocenters. The van der Waals surface area contributed by atoms with Gasteiger partial charge in [-0.25, -0.2) is 9.59 Å². The van der Waals surface area contributed by atoms with Crippen LogP contribution in [0.25, 0.3) is 0 Å². The molecule has 0 aromatic carbocycles. The molecule has 0 saturated heterocycles. The van der Waals surface area contributed by atoms with Crippen LogP contribution >= 0.6 is 0 Å². The summed E-state index contributed by atoms with van der Waals surface area (Å²) in [5.74, 6) is -0.523. The van der Waals surface area contributed by atoms with Gasteiger partial charge in [0, 0.05) is 6.07 Å². The van der Waals surface area contributed by atoms with Crippen LogP contribution in [-0.2, 0) is 11.3 Å². The summed E-state index contributed by atoms with van der Waals surface area (Å²) < 4.78 is 4.94. The number of aromatic nitrogens is 1. The lowest BCUT2D eigenvalue weighted by atomic mass is 9.93. The third-order valence-electron chi connectivity index (χ3n) is 3.07. The van der Waals surface area contributed by atoms with Crippen LogP contribution in [-0.4, -0.2) is 27.8 Å². The van der Waals surface area contributed by atoms with Crippen molar-refractivity contribution in [2.45, 2.75) is 45.7 Å². The summed E-state index contributed by atoms with van der Waals surface area (Å²) in [4.78, 5) is 22.9. The van der Waals surface area contributed by atoms with Crippen LogP contribution in [0.1, 0.15) is 38.1 Å². The van der Waals surface area contributed by atoms with Crippen LogP contribution in [0.5, 0.6) is 0 Å². The summed E-state index contributed by atoms with van der Waals surface area (Å²) in [6.45, 7) is 5.38. The molecule has 106 valence electrons. The molecular weight excluding hydrogens is 250 g/mol. The van der Waals surface area contributed by atoms with E-state index in [0.29, 0.717) is 18.6 Å². The third-order valence-corrected chi connectivity index (χ3v) is 3.07. The van der Waals surface area contributed by atoms with Gasteiger partial charge in [-0.05, 0) is 19.8 Å². The molecule has 0 saturated carbocycles. The van der Waals surface area contributed by atoms with Gasteiger partial charge in [-0.1, -0.05) is 19.0 Å². The number of hydrogen-bond acceptors (Lipinski definition) is 4. The van der Waals surface area contributed by atoms with Crippen LogP contribution in [0, 0.1) is 6.92 Å². The molecule has 1 aromatic rings. The second-order valence-corrected chi connectivity index (χ2v) is 4.34. The summed E-state index contributed by atoms with van der Waals surface area (Å²) >= 11 is 0. The summed E-state index contributed by atoms with van der Waals surface area (Å²) in [6, 6.07) is 1.16. The van der Waals surface area contributed by atoms with Gasteiger partial charge < -0.3 is 20.3 Å². The summed E-state index contributed by atoms with van der Waals surface area (Å²) in [7, 11) is 0. The number of rotatable bonds is 6. The van der Waals surface area contributed by atoms with Crippen molar-refractivity contribution in [3.63, 3.8) is 0 Å². The van der Waals surface area contributed by atoms with Crippen LogP contribution in [0.2, 0.25) is 0 Å². The molecule has 0 unspecified atom stereocenters. The highest BCUT2D eigenvalue weighted by atomic mass is 16.5. The van der Waals surface area contributed by atoms with E-state index in [9.17, 15) is 14.7 Å². The number of urea groups is 1. The van der Waals surface area contributed by atoms with Gasteiger partial charge in [-0.2, -0.15) is 0 Å². The monoisotopic (exact) mass is 269 g/mol. The van der Waals surface area contributed by atoms with Crippen molar-refractivity contribution >= 4 is 12.0 Å². The number of nitrogens with one attached hydrogen (secondary N) is 2. The predicted octanol–water partition coefficient (Wildman–Crippen LogP) is 1.43. The fraction of sp³-hybridized carbons (Fsp3) is 0.583. The standard InChI is InChI=1S/C12H19N3O4/c1-4-12(5-2,10(16)17)14-11(18)13-7-9-6-8(3)15-19-9/h6H,4-5,7H2,1-3H3,(H,16,17)(H2,13,14,18). The molecule has 0 bridgehead atoms. The smallest absolute Gasteiger partial charge is 0.329 e. The molecule has 19 heavy (non-hydrogen) atoms. The van der Waals surface area contributed by atoms with Gasteiger partial charge in [-0.15, -0.1) is 0 Å². The third kappa shape index (κ3) is 3.70. The second-order valence-electron chi connectivity index (χ2n) is 4.34. The van der Waals surface area contributed by atoms with Crippen LogP contribution in [0.3, 0.4) is 0 Å². The number of nitrogens with zero attached hydrogens (tertiary/aromatic N) is 1. The Labute approximate surface area is 111 Å². The Balaban J connectivity index is 2.56. The average molecular weight is 269 g/mol. The number of carbonyl (C=O) groups is 2. The van der Waals surface area contributed by atoms with Crippen molar-refractivity contribution in [3.8, 4) is 0 Å². The summed E-state index contributed by atoms with van der Waals surface area (Å²) in [5.41, 5.74) is -0.513. The molecule has 7 nitrogen and oxygen atoms in total. The molecule has 0 aliphatic carbocycles. The van der Waals surface area contributed by atoms with Crippen molar-refractivity contribution < 1.29 is 19.2 Å². The molecule has 2 amide bonds. The fourth-order valence-electron chi connectivity index (χ4n) is 1.71. The van der Waals surface area contributed by atoms with Crippen molar-refractivity contribution in [1.29, 1.82) is 0 Å². The average Bonchev–Trinajstić information content (AvgIpc) is 2.79. The first-order valence-corrected chi connectivity index (χ1v) is 6.15. The Hall–Kier alpha value is -2.05. The molecule has 0 fully saturated rings. The first-order chi connectivity index (χ1) is 8.93. The Bertz CT molecular complexity index is 452. The van der Waals surface area contributed by atoms with E-state index >= 15 is 0 Å². The number of carboxylic acid groups (broad SMARTS) is 1. The minimum atomic E-state index is -1.23. The Morgan fingerprint density at radius 1 is 1.42 bits per heavy atom. The fourth-order valence-corrected chi connectivity index (χ4v) is 1.71. The highest BCUT2D eigenvalue weighted by molar-refractivity contribution is 5.86. The van der Waals surface area contributed by atoms with Crippen LogP contribution in [0.15, 0.2) is 10.6 Å². The Morgan fingerprint density at radius 3 is 2.47 bits per heavy atom. The van der Waals surface area contributed by atoms with E-state index < -0.39 is 17.5 Å². The van der Waals surface area contributed by atoms with Gasteiger partial charge >= 0.3 is 12.0 Å². The predicted molar refractivity (Wildman–Crippen MR) is 67.6 cm³/mol. The molecule has 7 heteroatoms. The van der Waals surface area contributed by atoms with Crippen molar-refractivity contribution in [2.24, 2.45) is 0 Å². The lowest BCUT2D eigenvalue weighted by Gasteiger charge is -2.27. The lowest BCUT2D eigenvalue weighted by molar-refractivity contribution is -0.144. The highest BCUT2D eigenvalue weighted by Crippen LogP contribution is 2.15. The zero-order valence-corrected chi connectivity index (χ0v) is 11.3. The van der Waals surface area contributed by atoms with E-state index in [0.717, 1.165) is 5.69 Å². The molecular formula is C12H19N3O4. The van der Waals surface area contributed by atoms with Crippen LogP contribution < -0.4 is 10.6 Å². The Kier molecular flexibility index (Phi) is 4.91. The van der Waals surface area contributed by atoms with E-state index in [4.69, 9.17) is 4.52 Å². The highest BCUT2D eigenvalue weighted by Gasteiger charge is 2.36. The van der Waals surface area contributed by atoms with E-state index in [-0.39, 0.29) is 6.54 Å².